The van der Waals surface area contributed by atoms with Crippen LogP contribution in [-0.2, 0) is 9.53 Å². The van der Waals surface area contributed by atoms with Gasteiger partial charge in [0.15, 0.2) is 0 Å². The number of nitrogens with two attached hydrogens (primary N) is 2. The zero-order valence-electron chi connectivity index (χ0n) is 18.3. The molecule has 2 amide bonds. The van der Waals surface area contributed by atoms with E-state index in [0.717, 1.165) is 5.69 Å². The fourth-order valence-corrected chi connectivity index (χ4v) is 3.07. The number of carbonyl (C=O) groups excluding carboxylic acids is 2. The number of para-hydroxylation sites is 1. The van der Waals surface area contributed by atoms with Crippen LogP contribution in [0.15, 0.2) is 47.7 Å². The van der Waals surface area contributed by atoms with Gasteiger partial charge in [-0.15, -0.1) is 0 Å². The molecule has 2 atom stereocenters. The van der Waals surface area contributed by atoms with E-state index in [-0.39, 0.29) is 6.04 Å². The smallest absolute Gasteiger partial charge is 0.433 e. The Morgan fingerprint density at radius 2 is 1.97 bits per heavy atom. The van der Waals surface area contributed by atoms with E-state index >= 15 is 0 Å². The zero-order chi connectivity index (χ0) is 22.9. The van der Waals surface area contributed by atoms with Gasteiger partial charge in [0.25, 0.3) is 0 Å². The predicted octanol–water partition coefficient (Wildman–Crippen LogP) is 3.30. The molecule has 5 N–H and O–H groups in total. The van der Waals surface area contributed by atoms with E-state index in [1.165, 1.54) is 6.21 Å². The summed E-state index contributed by atoms with van der Waals surface area (Å²) in [5.41, 5.74) is 12.1. The van der Waals surface area contributed by atoms with E-state index in [4.69, 9.17) is 16.2 Å². The molecule has 0 spiro atoms. The minimum absolute atomic E-state index is 0.200. The summed E-state index contributed by atoms with van der Waals surface area (Å²) in [6.45, 7) is 5.34. The van der Waals surface area contributed by atoms with E-state index in [2.05, 4.69) is 15.0 Å². The van der Waals surface area contributed by atoms with Crippen LogP contribution in [0.3, 0.4) is 0 Å². The van der Waals surface area contributed by atoms with Gasteiger partial charge in [-0.05, 0) is 58.6 Å². The summed E-state index contributed by atoms with van der Waals surface area (Å²) in [5, 5.41) is 0. The van der Waals surface area contributed by atoms with Gasteiger partial charge in [0.1, 0.15) is 11.6 Å². The van der Waals surface area contributed by atoms with Crippen molar-refractivity contribution in [2.24, 2.45) is 16.5 Å². The van der Waals surface area contributed by atoms with E-state index in [1.807, 2.05) is 30.3 Å². The van der Waals surface area contributed by atoms with Crippen LogP contribution in [-0.4, -0.2) is 45.9 Å². The predicted molar refractivity (Wildman–Crippen MR) is 121 cm³/mol. The topological polar surface area (TPSA) is 140 Å². The lowest BCUT2D eigenvalue weighted by Crippen LogP contribution is -2.43. The van der Waals surface area contributed by atoms with Crippen molar-refractivity contribution in [1.29, 1.82) is 0 Å². The monoisotopic (exact) mass is 428 g/mol. The third kappa shape index (κ3) is 8.21. The van der Waals surface area contributed by atoms with Crippen molar-refractivity contribution >= 4 is 29.9 Å². The number of aromatic nitrogens is 2. The number of anilines is 2. The van der Waals surface area contributed by atoms with Gasteiger partial charge in [-0.3, -0.25) is 9.69 Å². The minimum Gasteiger partial charge on any atom is -0.442 e. The standard InChI is InChI=1S/C22H32N6O3/c1-22(2,3)31-21(30)27-13-12-16(23)8-7-11-18(19(24)29)28(20-25-14-15-26-20)17-9-5-4-6-10-17/h4-6,9-10,13-16,18H,7-8,11-12,23H2,1-3H3,(H2,24,29)(H,25,26)/t16?,18-/m0/s1. The van der Waals surface area contributed by atoms with Gasteiger partial charge in [0.05, 0.1) is 0 Å². The van der Waals surface area contributed by atoms with Crippen molar-refractivity contribution in [3.05, 3.63) is 42.7 Å². The molecular weight excluding hydrogens is 396 g/mol. The lowest BCUT2D eigenvalue weighted by molar-refractivity contribution is -0.119. The first-order valence-electron chi connectivity index (χ1n) is 10.3. The van der Waals surface area contributed by atoms with Crippen LogP contribution in [0.1, 0.15) is 46.5 Å². The summed E-state index contributed by atoms with van der Waals surface area (Å²) >= 11 is 0. The lowest BCUT2D eigenvalue weighted by Gasteiger charge is -2.29. The SMILES string of the molecule is CC(C)(C)OC(=O)N=CCC(N)CCC[C@@H](C(N)=O)N(c1ccccc1)c1ncc[nH]1. The van der Waals surface area contributed by atoms with Crippen molar-refractivity contribution < 1.29 is 14.3 Å². The van der Waals surface area contributed by atoms with E-state index < -0.39 is 23.6 Å². The summed E-state index contributed by atoms with van der Waals surface area (Å²) in [6.07, 6.45) is 6.41. The third-order valence-electron chi connectivity index (χ3n) is 4.44. The minimum atomic E-state index is -0.634. The molecule has 0 saturated heterocycles. The third-order valence-corrected chi connectivity index (χ3v) is 4.44. The average Bonchev–Trinajstić information content (AvgIpc) is 3.20. The quantitative estimate of drug-likeness (QED) is 0.496. The van der Waals surface area contributed by atoms with Gasteiger partial charge in [0.2, 0.25) is 11.9 Å². The Hall–Kier alpha value is -3.20. The second-order valence-corrected chi connectivity index (χ2v) is 8.26. The van der Waals surface area contributed by atoms with Crippen LogP contribution in [0.2, 0.25) is 0 Å². The molecule has 1 unspecified atom stereocenters. The van der Waals surface area contributed by atoms with Gasteiger partial charge in [-0.2, -0.15) is 4.99 Å². The number of rotatable bonds is 10. The summed E-state index contributed by atoms with van der Waals surface area (Å²) in [7, 11) is 0. The van der Waals surface area contributed by atoms with Crippen LogP contribution in [0.25, 0.3) is 0 Å². The number of benzene rings is 1. The van der Waals surface area contributed by atoms with Crippen molar-refractivity contribution in [2.75, 3.05) is 4.90 Å². The molecule has 1 aromatic carbocycles. The summed E-state index contributed by atoms with van der Waals surface area (Å²) in [6, 6.07) is 8.70. The zero-order valence-corrected chi connectivity index (χ0v) is 18.3. The Morgan fingerprint density at radius 1 is 1.26 bits per heavy atom. The average molecular weight is 429 g/mol. The van der Waals surface area contributed by atoms with Crippen molar-refractivity contribution in [3.63, 3.8) is 0 Å². The molecule has 0 saturated carbocycles. The fourth-order valence-electron chi connectivity index (χ4n) is 3.07. The highest BCUT2D eigenvalue weighted by atomic mass is 16.6. The molecule has 168 valence electrons. The van der Waals surface area contributed by atoms with E-state index in [9.17, 15) is 9.59 Å². The van der Waals surface area contributed by atoms with Crippen LogP contribution in [0.5, 0.6) is 0 Å². The van der Waals surface area contributed by atoms with Crippen LogP contribution in [0.4, 0.5) is 16.4 Å². The number of primary amides is 1. The second-order valence-electron chi connectivity index (χ2n) is 8.26. The first-order valence-corrected chi connectivity index (χ1v) is 10.3. The number of ether oxygens (including phenoxy) is 1. The maximum Gasteiger partial charge on any atom is 0.433 e. The Balaban J connectivity index is 1.94. The molecule has 0 aliphatic rings. The number of nitrogens with zero attached hydrogens (tertiary/aromatic N) is 3. The van der Waals surface area contributed by atoms with E-state index in [0.29, 0.717) is 31.6 Å². The molecule has 2 rings (SSSR count). The molecular formula is C22H32N6O3. The maximum atomic E-state index is 12.3. The molecule has 1 aromatic heterocycles. The summed E-state index contributed by atoms with van der Waals surface area (Å²) < 4.78 is 5.12. The van der Waals surface area contributed by atoms with Crippen molar-refractivity contribution in [3.8, 4) is 0 Å². The highest BCUT2D eigenvalue weighted by molar-refractivity contribution is 5.85. The van der Waals surface area contributed by atoms with Crippen LogP contribution < -0.4 is 16.4 Å². The maximum absolute atomic E-state index is 12.3. The highest BCUT2D eigenvalue weighted by Crippen LogP contribution is 2.27. The molecule has 0 aliphatic heterocycles. The van der Waals surface area contributed by atoms with Gasteiger partial charge >= 0.3 is 6.09 Å². The van der Waals surface area contributed by atoms with Crippen LogP contribution >= 0.6 is 0 Å². The molecule has 9 heteroatoms. The van der Waals surface area contributed by atoms with Gasteiger partial charge in [-0.25, -0.2) is 9.78 Å². The van der Waals surface area contributed by atoms with Gasteiger partial charge < -0.3 is 21.2 Å². The molecule has 0 aliphatic carbocycles. The number of nitrogens with one attached hydrogen (secondary N) is 1. The Labute approximate surface area is 182 Å². The second kappa shape index (κ2) is 11.3. The number of amides is 2. The summed E-state index contributed by atoms with van der Waals surface area (Å²) in [5.74, 6) is 0.101. The highest BCUT2D eigenvalue weighted by Gasteiger charge is 2.27. The number of carbonyl (C=O) groups is 2. The molecule has 2 aromatic rings. The Kier molecular flexibility index (Phi) is 8.75. The molecule has 9 nitrogen and oxygen atoms in total. The fraction of sp³-hybridized carbons (Fsp3) is 0.455. The molecule has 1 heterocycles. The lowest BCUT2D eigenvalue weighted by atomic mass is 10.0. The number of aromatic amines is 1. The number of hydrogen-bond donors (Lipinski definition) is 3. The van der Waals surface area contributed by atoms with Crippen molar-refractivity contribution in [1.82, 2.24) is 9.97 Å². The van der Waals surface area contributed by atoms with E-state index in [1.54, 1.807) is 38.1 Å². The van der Waals surface area contributed by atoms with Crippen molar-refractivity contribution in [2.45, 2.75) is 64.1 Å². The number of H-pyrrole nitrogens is 1. The largest absolute Gasteiger partial charge is 0.442 e. The molecule has 31 heavy (non-hydrogen) atoms. The van der Waals surface area contributed by atoms with Crippen LogP contribution in [0, 0.1) is 0 Å². The molecule has 0 radical (unpaired) electrons. The van der Waals surface area contributed by atoms with Gasteiger partial charge in [-0.1, -0.05) is 18.2 Å². The Bertz CT molecular complexity index is 846. The normalized spacial score (nSPS) is 13.7. The number of imidazole rings is 1. The Morgan fingerprint density at radius 3 is 2.55 bits per heavy atom. The number of hydrogen-bond acceptors (Lipinski definition) is 6. The van der Waals surface area contributed by atoms with Gasteiger partial charge in [0, 0.05) is 30.3 Å². The molecule has 0 bridgehead atoms. The molecule has 0 fully saturated rings. The number of aliphatic imine (C=N–C) groups is 1. The first-order chi connectivity index (χ1) is 14.7. The first kappa shape index (κ1) is 24.1. The summed E-state index contributed by atoms with van der Waals surface area (Å²) in [4.78, 5) is 36.8.